The zero-order chi connectivity index (χ0) is 27.9. The molecule has 200 valence electrons. The zero-order valence-corrected chi connectivity index (χ0v) is 24.5. The molecule has 0 saturated heterocycles. The molecule has 38 heavy (non-hydrogen) atoms. The van der Waals surface area contributed by atoms with Crippen LogP contribution in [0, 0.1) is 35.0 Å². The summed E-state index contributed by atoms with van der Waals surface area (Å²) >= 11 is 0. The van der Waals surface area contributed by atoms with Gasteiger partial charge in [-0.3, -0.25) is 14.4 Å². The van der Waals surface area contributed by atoms with E-state index in [1.807, 2.05) is 20.8 Å². The summed E-state index contributed by atoms with van der Waals surface area (Å²) < 4.78 is 0. The minimum atomic E-state index is -0.823. The standard InChI is InChI=1S/C35H42O3/c1-19(2)24-11-13-25(14-12-24)26-15-10-20(3)29-27(26)17-33(7)18-34(8)16-21(4)28(23(6)36)32(38)35(34,9)22(5)30(33)31(29)37/h10-15,19,21,28H,16-18H2,1-9H3/t21?,28?,33-,34+,35+/m1/s1. The normalized spacial score (nSPS) is 32.7. The lowest BCUT2D eigenvalue weighted by molar-refractivity contribution is -0.154. The van der Waals surface area contributed by atoms with Crippen molar-refractivity contribution in [3.05, 3.63) is 69.8 Å². The fourth-order valence-corrected chi connectivity index (χ4v) is 8.72. The predicted octanol–water partition coefficient (Wildman–Crippen LogP) is 8.08. The second-order valence-electron chi connectivity index (χ2n) is 13.6. The molecular formula is C35H42O3. The van der Waals surface area contributed by atoms with Crippen LogP contribution in [-0.2, 0) is 16.0 Å². The summed E-state index contributed by atoms with van der Waals surface area (Å²) in [5.41, 5.74) is 6.69. The third-order valence-electron chi connectivity index (χ3n) is 10.7. The van der Waals surface area contributed by atoms with Crippen LogP contribution in [0.1, 0.15) is 101 Å². The van der Waals surface area contributed by atoms with Gasteiger partial charge < -0.3 is 0 Å². The van der Waals surface area contributed by atoms with E-state index in [2.05, 4.69) is 71.0 Å². The van der Waals surface area contributed by atoms with Crippen molar-refractivity contribution < 1.29 is 14.4 Å². The van der Waals surface area contributed by atoms with E-state index in [4.69, 9.17) is 0 Å². The van der Waals surface area contributed by atoms with E-state index in [0.717, 1.165) is 58.2 Å². The maximum atomic E-state index is 14.5. The number of hydrogen-bond acceptors (Lipinski definition) is 3. The number of rotatable bonds is 3. The molecule has 3 nitrogen and oxygen atoms in total. The lowest BCUT2D eigenvalue weighted by Gasteiger charge is -2.61. The van der Waals surface area contributed by atoms with E-state index in [1.54, 1.807) is 6.92 Å². The molecule has 0 heterocycles. The Morgan fingerprint density at radius 2 is 1.61 bits per heavy atom. The van der Waals surface area contributed by atoms with E-state index >= 15 is 0 Å². The Hall–Kier alpha value is -2.81. The molecule has 0 radical (unpaired) electrons. The molecule has 5 atom stereocenters. The highest BCUT2D eigenvalue weighted by molar-refractivity contribution is 6.16. The van der Waals surface area contributed by atoms with Crippen molar-refractivity contribution in [2.24, 2.45) is 28.1 Å². The van der Waals surface area contributed by atoms with Crippen LogP contribution >= 0.6 is 0 Å². The first-order valence-electron chi connectivity index (χ1n) is 14.2. The van der Waals surface area contributed by atoms with Crippen molar-refractivity contribution in [3.8, 4) is 11.1 Å². The number of hydrogen-bond donors (Lipinski definition) is 0. The van der Waals surface area contributed by atoms with Gasteiger partial charge in [-0.1, -0.05) is 76.6 Å². The lowest BCUT2D eigenvalue weighted by Crippen LogP contribution is -2.61. The minimum absolute atomic E-state index is 0.000111. The number of carbonyl (C=O) groups excluding carboxylic acids is 3. The number of allylic oxidation sites excluding steroid dienone is 2. The second kappa shape index (κ2) is 8.60. The molecule has 0 spiro atoms. The van der Waals surface area contributed by atoms with Crippen molar-refractivity contribution >= 4 is 17.3 Å². The average Bonchev–Trinajstić information content (AvgIpc) is 2.81. The van der Waals surface area contributed by atoms with Gasteiger partial charge in [0.1, 0.15) is 5.78 Å². The number of aryl methyl sites for hydroxylation is 1. The van der Waals surface area contributed by atoms with E-state index in [0.29, 0.717) is 5.92 Å². The summed E-state index contributed by atoms with van der Waals surface area (Å²) in [7, 11) is 0. The second-order valence-corrected chi connectivity index (χ2v) is 13.6. The van der Waals surface area contributed by atoms with Gasteiger partial charge in [0.15, 0.2) is 11.6 Å². The average molecular weight is 511 g/mol. The predicted molar refractivity (Wildman–Crippen MR) is 153 cm³/mol. The van der Waals surface area contributed by atoms with Crippen molar-refractivity contribution in [2.75, 3.05) is 0 Å². The van der Waals surface area contributed by atoms with Crippen LogP contribution in [-0.4, -0.2) is 17.3 Å². The van der Waals surface area contributed by atoms with Crippen LogP contribution in [0.3, 0.4) is 0 Å². The maximum Gasteiger partial charge on any atom is 0.190 e. The molecule has 2 aromatic carbocycles. The highest BCUT2D eigenvalue weighted by Crippen LogP contribution is 2.67. The Bertz CT molecular complexity index is 1410. The SMILES string of the molecule is CC(=O)C1C(=O)[C@]2(C)C(C)=C3C(=O)c4c(C)ccc(-c5ccc(C(C)C)cc5)c4C[C@]3(C)C[C@]2(C)CC1C. The van der Waals surface area contributed by atoms with Gasteiger partial charge in [0.2, 0.25) is 0 Å². The van der Waals surface area contributed by atoms with Gasteiger partial charge >= 0.3 is 0 Å². The van der Waals surface area contributed by atoms with Gasteiger partial charge in [0, 0.05) is 16.6 Å². The van der Waals surface area contributed by atoms with Gasteiger partial charge in [-0.15, -0.1) is 0 Å². The van der Waals surface area contributed by atoms with Crippen molar-refractivity contribution in [1.29, 1.82) is 0 Å². The molecular weight excluding hydrogens is 468 g/mol. The van der Waals surface area contributed by atoms with Crippen LogP contribution in [0.15, 0.2) is 47.5 Å². The van der Waals surface area contributed by atoms with Gasteiger partial charge in [0.05, 0.1) is 11.3 Å². The molecule has 0 aliphatic heterocycles. The molecule has 3 aliphatic rings. The molecule has 0 bridgehead atoms. The molecule has 3 heteroatoms. The Kier molecular flexibility index (Phi) is 6.06. The van der Waals surface area contributed by atoms with E-state index in [-0.39, 0.29) is 34.1 Å². The summed E-state index contributed by atoms with van der Waals surface area (Å²) in [6.45, 7) is 18.5. The molecule has 2 unspecified atom stereocenters. The Morgan fingerprint density at radius 1 is 0.974 bits per heavy atom. The smallest absolute Gasteiger partial charge is 0.190 e. The summed E-state index contributed by atoms with van der Waals surface area (Å²) in [5, 5.41) is 0. The Morgan fingerprint density at radius 3 is 2.18 bits per heavy atom. The fourth-order valence-electron chi connectivity index (χ4n) is 8.72. The zero-order valence-electron chi connectivity index (χ0n) is 24.5. The monoisotopic (exact) mass is 510 g/mol. The van der Waals surface area contributed by atoms with Crippen molar-refractivity contribution in [2.45, 2.75) is 87.5 Å². The first-order valence-corrected chi connectivity index (χ1v) is 14.2. The van der Waals surface area contributed by atoms with Crippen LogP contribution < -0.4 is 0 Å². The fraction of sp³-hybridized carbons (Fsp3) is 0.514. The molecule has 1 fully saturated rings. The van der Waals surface area contributed by atoms with Crippen molar-refractivity contribution in [3.63, 3.8) is 0 Å². The quantitative estimate of drug-likeness (QED) is 0.392. The lowest BCUT2D eigenvalue weighted by atomic mass is 9.40. The first-order chi connectivity index (χ1) is 17.7. The third-order valence-corrected chi connectivity index (χ3v) is 10.7. The van der Waals surface area contributed by atoms with Gasteiger partial charge in [-0.05, 0) is 92.0 Å². The molecule has 0 N–H and O–H groups in total. The minimum Gasteiger partial charge on any atom is -0.299 e. The highest BCUT2D eigenvalue weighted by atomic mass is 16.2. The summed E-state index contributed by atoms with van der Waals surface area (Å²) in [4.78, 5) is 41.2. The summed E-state index contributed by atoms with van der Waals surface area (Å²) in [5.74, 6) is -0.110. The van der Waals surface area contributed by atoms with Gasteiger partial charge in [-0.25, -0.2) is 0 Å². The molecule has 1 saturated carbocycles. The molecule has 0 amide bonds. The van der Waals surface area contributed by atoms with Crippen LogP contribution in [0.5, 0.6) is 0 Å². The van der Waals surface area contributed by atoms with E-state index in [1.165, 1.54) is 5.56 Å². The van der Waals surface area contributed by atoms with E-state index in [9.17, 15) is 14.4 Å². The number of fused-ring (bicyclic) bond motifs is 3. The summed E-state index contributed by atoms with van der Waals surface area (Å²) in [6.07, 6.45) is 2.33. The topological polar surface area (TPSA) is 51.2 Å². The maximum absolute atomic E-state index is 14.5. The molecule has 2 aromatic rings. The van der Waals surface area contributed by atoms with Crippen LogP contribution in [0.25, 0.3) is 11.1 Å². The Labute approximate surface area is 228 Å². The number of carbonyl (C=O) groups is 3. The van der Waals surface area contributed by atoms with E-state index < -0.39 is 11.3 Å². The molecule has 3 aliphatic carbocycles. The number of benzene rings is 2. The number of Topliss-reactive ketones (excluding diaryl/α,β-unsaturated/α-hetero) is 3. The molecule has 5 rings (SSSR count). The van der Waals surface area contributed by atoms with Gasteiger partial charge in [-0.2, -0.15) is 0 Å². The Balaban J connectivity index is 1.72. The largest absolute Gasteiger partial charge is 0.299 e. The first kappa shape index (κ1) is 26.8. The third kappa shape index (κ3) is 3.50. The van der Waals surface area contributed by atoms with Crippen LogP contribution in [0.4, 0.5) is 0 Å². The van der Waals surface area contributed by atoms with Crippen molar-refractivity contribution in [1.82, 2.24) is 0 Å². The van der Waals surface area contributed by atoms with Gasteiger partial charge in [0.25, 0.3) is 0 Å². The summed E-state index contributed by atoms with van der Waals surface area (Å²) in [6, 6.07) is 13.0. The molecule has 0 aromatic heterocycles. The number of ketones is 3. The highest BCUT2D eigenvalue weighted by Gasteiger charge is 2.65. The van der Waals surface area contributed by atoms with Crippen LogP contribution in [0.2, 0.25) is 0 Å².